The Bertz CT molecular complexity index is 320. The maximum absolute atomic E-state index is 11.5. The van der Waals surface area contributed by atoms with Crippen LogP contribution in [0, 0.1) is 0 Å². The molecule has 4 nitrogen and oxygen atoms in total. The highest BCUT2D eigenvalue weighted by Gasteiger charge is 2.08. The summed E-state index contributed by atoms with van der Waals surface area (Å²) in [5.74, 6) is 0. The molecule has 1 aromatic carbocycles. The monoisotopic (exact) mass is 258 g/mol. The van der Waals surface area contributed by atoms with Crippen LogP contribution < -0.4 is 5.73 Å². The molecule has 0 fully saturated rings. The molecule has 17 heavy (non-hydrogen) atoms. The molecule has 2 N–H and O–H groups in total. The number of carbonyl (C=O) groups is 1. The number of halogens is 1. The molecule has 1 amide bonds. The topological polar surface area (TPSA) is 55.6 Å². The Hall–Kier alpha value is -1.26. The van der Waals surface area contributed by atoms with Crippen molar-refractivity contribution in [3.63, 3.8) is 0 Å². The van der Waals surface area contributed by atoms with Gasteiger partial charge in [0.05, 0.1) is 0 Å². The van der Waals surface area contributed by atoms with Crippen LogP contribution in [0.3, 0.4) is 0 Å². The highest BCUT2D eigenvalue weighted by molar-refractivity contribution is 5.85. The van der Waals surface area contributed by atoms with E-state index in [1.54, 1.807) is 7.05 Å². The fourth-order valence-corrected chi connectivity index (χ4v) is 1.25. The van der Waals surface area contributed by atoms with Gasteiger partial charge in [-0.1, -0.05) is 30.3 Å². The third-order valence-corrected chi connectivity index (χ3v) is 2.21. The summed E-state index contributed by atoms with van der Waals surface area (Å²) >= 11 is 0. The van der Waals surface area contributed by atoms with E-state index in [9.17, 15) is 4.79 Å². The number of rotatable bonds is 5. The normalized spacial score (nSPS) is 9.29. The second-order valence-corrected chi connectivity index (χ2v) is 3.60. The first-order valence-electron chi connectivity index (χ1n) is 5.36. The predicted molar refractivity (Wildman–Crippen MR) is 70.2 cm³/mol. The fourth-order valence-electron chi connectivity index (χ4n) is 1.25. The lowest BCUT2D eigenvalue weighted by molar-refractivity contribution is 0.104. The van der Waals surface area contributed by atoms with Crippen LogP contribution in [0.15, 0.2) is 30.3 Å². The molecular weight excluding hydrogens is 240 g/mol. The van der Waals surface area contributed by atoms with Gasteiger partial charge in [0, 0.05) is 13.6 Å². The van der Waals surface area contributed by atoms with Crippen molar-refractivity contribution in [2.24, 2.45) is 5.73 Å². The van der Waals surface area contributed by atoms with Gasteiger partial charge in [0.25, 0.3) is 0 Å². The first kappa shape index (κ1) is 15.7. The van der Waals surface area contributed by atoms with Crippen LogP contribution in [0.5, 0.6) is 0 Å². The van der Waals surface area contributed by atoms with Crippen molar-refractivity contribution in [2.45, 2.75) is 13.0 Å². The van der Waals surface area contributed by atoms with Crippen molar-refractivity contribution >= 4 is 18.5 Å². The SMILES string of the molecule is CN(CCCN)C(=O)OCc1ccccc1.Cl. The predicted octanol–water partition coefficient (Wildman–Crippen LogP) is 2.03. The van der Waals surface area contributed by atoms with Crippen molar-refractivity contribution < 1.29 is 9.53 Å². The molecule has 0 spiro atoms. The molecule has 0 unspecified atom stereocenters. The van der Waals surface area contributed by atoms with Gasteiger partial charge in [-0.05, 0) is 18.5 Å². The smallest absolute Gasteiger partial charge is 0.409 e. The second kappa shape index (κ2) is 8.84. The van der Waals surface area contributed by atoms with Gasteiger partial charge >= 0.3 is 6.09 Å². The molecule has 0 heterocycles. The molecule has 0 bridgehead atoms. The van der Waals surface area contributed by atoms with E-state index < -0.39 is 0 Å². The fraction of sp³-hybridized carbons (Fsp3) is 0.417. The number of benzene rings is 1. The average molecular weight is 259 g/mol. The molecule has 5 heteroatoms. The first-order valence-corrected chi connectivity index (χ1v) is 5.36. The van der Waals surface area contributed by atoms with E-state index in [2.05, 4.69) is 0 Å². The highest BCUT2D eigenvalue weighted by atomic mass is 35.5. The summed E-state index contributed by atoms with van der Waals surface area (Å²) in [6.45, 7) is 1.52. The molecule has 0 atom stereocenters. The van der Waals surface area contributed by atoms with Crippen LogP contribution in [0.1, 0.15) is 12.0 Å². The zero-order valence-electron chi connectivity index (χ0n) is 9.96. The third-order valence-electron chi connectivity index (χ3n) is 2.21. The van der Waals surface area contributed by atoms with Crippen molar-refractivity contribution in [3.05, 3.63) is 35.9 Å². The number of ether oxygens (including phenoxy) is 1. The van der Waals surface area contributed by atoms with Crippen molar-refractivity contribution in [3.8, 4) is 0 Å². The van der Waals surface area contributed by atoms with Crippen molar-refractivity contribution in [1.29, 1.82) is 0 Å². The summed E-state index contributed by atoms with van der Waals surface area (Å²) in [4.78, 5) is 13.0. The molecule has 96 valence electrons. The van der Waals surface area contributed by atoms with Crippen LogP contribution in [0.4, 0.5) is 4.79 Å². The zero-order chi connectivity index (χ0) is 11.8. The van der Waals surface area contributed by atoms with E-state index in [1.165, 1.54) is 4.90 Å². The van der Waals surface area contributed by atoms with Gasteiger partial charge in [-0.25, -0.2) is 4.79 Å². The van der Waals surface area contributed by atoms with Gasteiger partial charge in [-0.3, -0.25) is 0 Å². The average Bonchev–Trinajstić information content (AvgIpc) is 2.34. The van der Waals surface area contributed by atoms with Gasteiger partial charge < -0.3 is 15.4 Å². The quantitative estimate of drug-likeness (QED) is 0.879. The van der Waals surface area contributed by atoms with E-state index in [4.69, 9.17) is 10.5 Å². The number of amides is 1. The van der Waals surface area contributed by atoms with E-state index in [0.717, 1.165) is 12.0 Å². The van der Waals surface area contributed by atoms with E-state index >= 15 is 0 Å². The van der Waals surface area contributed by atoms with Gasteiger partial charge in [0.15, 0.2) is 0 Å². The Morgan fingerprint density at radius 2 is 2.00 bits per heavy atom. The second-order valence-electron chi connectivity index (χ2n) is 3.60. The minimum Gasteiger partial charge on any atom is -0.445 e. The number of hydrogen-bond acceptors (Lipinski definition) is 3. The molecule has 0 aromatic heterocycles. The van der Waals surface area contributed by atoms with Crippen molar-refractivity contribution in [1.82, 2.24) is 4.90 Å². The van der Waals surface area contributed by atoms with E-state index in [1.807, 2.05) is 30.3 Å². The largest absolute Gasteiger partial charge is 0.445 e. The Balaban J connectivity index is 0.00000256. The summed E-state index contributed by atoms with van der Waals surface area (Å²) in [7, 11) is 1.71. The summed E-state index contributed by atoms with van der Waals surface area (Å²) in [5, 5.41) is 0. The van der Waals surface area contributed by atoms with Crippen LogP contribution in [-0.2, 0) is 11.3 Å². The van der Waals surface area contributed by atoms with Crippen LogP contribution in [0.25, 0.3) is 0 Å². The molecular formula is C12H19ClN2O2. The summed E-state index contributed by atoms with van der Waals surface area (Å²) < 4.78 is 5.13. The zero-order valence-corrected chi connectivity index (χ0v) is 10.8. The summed E-state index contributed by atoms with van der Waals surface area (Å²) in [6, 6.07) is 9.61. The Morgan fingerprint density at radius 3 is 2.59 bits per heavy atom. The number of nitrogens with zero attached hydrogens (tertiary/aromatic N) is 1. The Labute approximate surface area is 108 Å². The van der Waals surface area contributed by atoms with Crippen LogP contribution in [-0.4, -0.2) is 31.1 Å². The molecule has 0 saturated heterocycles. The molecule has 1 rings (SSSR count). The lowest BCUT2D eigenvalue weighted by Gasteiger charge is -2.16. The molecule has 0 aliphatic carbocycles. The van der Waals surface area contributed by atoms with Gasteiger partial charge in [0.2, 0.25) is 0 Å². The minimum atomic E-state index is -0.308. The van der Waals surface area contributed by atoms with Crippen LogP contribution >= 0.6 is 12.4 Å². The highest BCUT2D eigenvalue weighted by Crippen LogP contribution is 2.02. The summed E-state index contributed by atoms with van der Waals surface area (Å²) in [6.07, 6.45) is 0.481. The van der Waals surface area contributed by atoms with E-state index in [-0.39, 0.29) is 18.5 Å². The third kappa shape index (κ3) is 6.14. The Morgan fingerprint density at radius 1 is 1.35 bits per heavy atom. The maximum Gasteiger partial charge on any atom is 0.409 e. The minimum absolute atomic E-state index is 0. The van der Waals surface area contributed by atoms with Crippen LogP contribution in [0.2, 0.25) is 0 Å². The molecule has 0 aliphatic rings. The first-order chi connectivity index (χ1) is 7.74. The molecule has 0 aliphatic heterocycles. The Kier molecular flexibility index (Phi) is 8.19. The maximum atomic E-state index is 11.5. The van der Waals surface area contributed by atoms with Gasteiger partial charge in [-0.2, -0.15) is 0 Å². The molecule has 0 saturated carbocycles. The number of nitrogens with two attached hydrogens (primary N) is 1. The number of carbonyl (C=O) groups excluding carboxylic acids is 1. The van der Waals surface area contributed by atoms with Gasteiger partial charge in [-0.15, -0.1) is 12.4 Å². The van der Waals surface area contributed by atoms with Gasteiger partial charge in [0.1, 0.15) is 6.61 Å². The lowest BCUT2D eigenvalue weighted by atomic mass is 10.2. The molecule has 0 radical (unpaired) electrons. The lowest BCUT2D eigenvalue weighted by Crippen LogP contribution is -2.29. The number of hydrogen-bond donors (Lipinski definition) is 1. The van der Waals surface area contributed by atoms with Crippen molar-refractivity contribution in [2.75, 3.05) is 20.1 Å². The molecule has 1 aromatic rings. The van der Waals surface area contributed by atoms with E-state index in [0.29, 0.717) is 19.7 Å². The summed E-state index contributed by atoms with van der Waals surface area (Å²) in [5.41, 5.74) is 6.35. The standard InChI is InChI=1S/C12H18N2O2.ClH/c1-14(9-5-8-13)12(15)16-10-11-6-3-2-4-7-11;/h2-4,6-7H,5,8-10,13H2,1H3;1H.